The van der Waals surface area contributed by atoms with Crippen LogP contribution in [0.3, 0.4) is 0 Å². The topological polar surface area (TPSA) is 97.7 Å². The van der Waals surface area contributed by atoms with E-state index >= 15 is 0 Å². The number of carbonyl (C=O) groups excluding carboxylic acids is 2. The number of hydrogen-bond acceptors (Lipinski definition) is 5. The van der Waals surface area contributed by atoms with E-state index in [0.29, 0.717) is 58.3 Å². The number of rotatable bonds is 6. The molecule has 1 atom stereocenters. The Balaban J connectivity index is 1.33. The Morgan fingerprint density at radius 3 is 2.45 bits per heavy atom. The second kappa shape index (κ2) is 8.17. The summed E-state index contributed by atoms with van der Waals surface area (Å²) in [6.45, 7) is 4.12. The van der Waals surface area contributed by atoms with Crippen LogP contribution in [0.2, 0.25) is 0 Å². The normalized spacial score (nSPS) is 26.1. The zero-order valence-corrected chi connectivity index (χ0v) is 18.0. The third-order valence-electron chi connectivity index (χ3n) is 6.81. The van der Waals surface area contributed by atoms with Crippen molar-refractivity contribution in [1.29, 1.82) is 5.26 Å². The van der Waals surface area contributed by atoms with E-state index in [0.717, 1.165) is 13.1 Å². The second-order valence-corrected chi connectivity index (χ2v) is 9.68. The summed E-state index contributed by atoms with van der Waals surface area (Å²) in [6, 6.07) is 0.744. The summed E-state index contributed by atoms with van der Waals surface area (Å²) in [5.74, 6) is -3.87. The first-order valence-electron chi connectivity index (χ1n) is 11.2. The summed E-state index contributed by atoms with van der Waals surface area (Å²) in [5, 5.41) is 14.2. The van der Waals surface area contributed by atoms with Crippen LogP contribution in [0, 0.1) is 11.3 Å². The molecular formula is C21H31F2N5O3. The van der Waals surface area contributed by atoms with Gasteiger partial charge < -0.3 is 20.3 Å². The molecule has 2 saturated carbocycles. The molecule has 2 heterocycles. The van der Waals surface area contributed by atoms with Crippen LogP contribution in [0.15, 0.2) is 0 Å². The summed E-state index contributed by atoms with van der Waals surface area (Å²) in [7, 11) is 0. The quantitative estimate of drug-likeness (QED) is 0.655. The molecule has 0 aromatic rings. The molecule has 4 rings (SSSR count). The standard InChI is InChI=1S/C21H31F2N5O3/c1-19(22,23)12-16(17(29)26-20(13-24)4-5-20)25-18(30)27-8-6-21(7-9-27)14-28(10-11-31-21)15-2-3-15/h15-16H,2-12,14H2,1H3,(H,25,30)(H,26,29). The average molecular weight is 440 g/mol. The van der Waals surface area contributed by atoms with Crippen LogP contribution in [0.25, 0.3) is 0 Å². The van der Waals surface area contributed by atoms with Crippen LogP contribution in [0.5, 0.6) is 0 Å². The molecule has 0 bridgehead atoms. The molecule has 0 aromatic carbocycles. The number of hydrogen-bond donors (Lipinski definition) is 2. The van der Waals surface area contributed by atoms with Crippen molar-refractivity contribution in [1.82, 2.24) is 20.4 Å². The minimum atomic E-state index is -3.13. The van der Waals surface area contributed by atoms with Gasteiger partial charge in [-0.05, 0) is 45.4 Å². The number of nitrogens with zero attached hydrogens (tertiary/aromatic N) is 3. The number of amides is 3. The first-order valence-corrected chi connectivity index (χ1v) is 11.2. The van der Waals surface area contributed by atoms with Gasteiger partial charge in [0.15, 0.2) is 0 Å². The van der Waals surface area contributed by atoms with Crippen molar-refractivity contribution in [3.05, 3.63) is 0 Å². The van der Waals surface area contributed by atoms with Crippen LogP contribution in [0.4, 0.5) is 13.6 Å². The van der Waals surface area contributed by atoms with Gasteiger partial charge in [-0.1, -0.05) is 0 Å². The number of alkyl halides is 2. The van der Waals surface area contributed by atoms with E-state index in [1.807, 2.05) is 6.07 Å². The monoisotopic (exact) mass is 439 g/mol. The van der Waals surface area contributed by atoms with E-state index in [2.05, 4.69) is 15.5 Å². The van der Waals surface area contributed by atoms with Crippen LogP contribution in [-0.4, -0.2) is 83.7 Å². The maximum atomic E-state index is 13.7. The smallest absolute Gasteiger partial charge is 0.318 e. The Labute approximate surface area is 181 Å². The third-order valence-corrected chi connectivity index (χ3v) is 6.81. The number of carbonyl (C=O) groups is 2. The Bertz CT molecular complexity index is 749. The summed E-state index contributed by atoms with van der Waals surface area (Å²) in [6.07, 6.45) is 4.01. The number of piperidine rings is 1. The van der Waals surface area contributed by atoms with Gasteiger partial charge in [-0.3, -0.25) is 9.69 Å². The first kappa shape index (κ1) is 22.2. The van der Waals surface area contributed by atoms with Gasteiger partial charge in [0.05, 0.1) is 18.3 Å². The molecule has 0 radical (unpaired) electrons. The maximum Gasteiger partial charge on any atom is 0.318 e. The van der Waals surface area contributed by atoms with Crippen molar-refractivity contribution >= 4 is 11.9 Å². The Hall–Kier alpha value is -1.99. The molecule has 1 spiro atoms. The Kier molecular flexibility index (Phi) is 5.85. The summed E-state index contributed by atoms with van der Waals surface area (Å²) in [5.41, 5.74) is -1.23. The summed E-state index contributed by atoms with van der Waals surface area (Å²) < 4.78 is 33.4. The van der Waals surface area contributed by atoms with Gasteiger partial charge in [-0.2, -0.15) is 5.26 Å². The fourth-order valence-corrected chi connectivity index (χ4v) is 4.57. The van der Waals surface area contributed by atoms with E-state index < -0.39 is 35.9 Å². The van der Waals surface area contributed by atoms with E-state index in [1.165, 1.54) is 12.8 Å². The Morgan fingerprint density at radius 2 is 1.90 bits per heavy atom. The summed E-state index contributed by atoms with van der Waals surface area (Å²) in [4.78, 5) is 29.4. The van der Waals surface area contributed by atoms with Crippen molar-refractivity contribution in [2.45, 2.75) is 81.0 Å². The largest absolute Gasteiger partial charge is 0.372 e. The molecule has 2 aliphatic heterocycles. The van der Waals surface area contributed by atoms with Crippen LogP contribution in [-0.2, 0) is 9.53 Å². The molecule has 31 heavy (non-hydrogen) atoms. The van der Waals surface area contributed by atoms with Crippen LogP contribution < -0.4 is 10.6 Å². The lowest BCUT2D eigenvalue weighted by Crippen LogP contribution is -2.60. The number of nitrogens with one attached hydrogen (secondary N) is 2. The predicted molar refractivity (Wildman–Crippen MR) is 107 cm³/mol. The lowest BCUT2D eigenvalue weighted by Gasteiger charge is -2.47. The number of nitriles is 1. The van der Waals surface area contributed by atoms with Gasteiger partial charge in [0.1, 0.15) is 11.6 Å². The van der Waals surface area contributed by atoms with Gasteiger partial charge in [0.2, 0.25) is 11.8 Å². The minimum Gasteiger partial charge on any atom is -0.372 e. The van der Waals surface area contributed by atoms with Crippen LogP contribution in [0.1, 0.15) is 51.9 Å². The molecule has 8 nitrogen and oxygen atoms in total. The van der Waals surface area contributed by atoms with E-state index in [-0.39, 0.29) is 5.60 Å². The van der Waals surface area contributed by atoms with E-state index in [4.69, 9.17) is 10.00 Å². The SMILES string of the molecule is CC(F)(F)CC(NC(=O)N1CCC2(CC1)CN(C1CC1)CCO2)C(=O)NC1(C#N)CC1. The number of halogens is 2. The van der Waals surface area contributed by atoms with Crippen molar-refractivity contribution in [3.8, 4) is 6.07 Å². The molecule has 4 aliphatic rings. The van der Waals surface area contributed by atoms with E-state index in [9.17, 15) is 18.4 Å². The highest BCUT2D eigenvalue weighted by atomic mass is 19.3. The van der Waals surface area contributed by atoms with Gasteiger partial charge in [0.25, 0.3) is 0 Å². The predicted octanol–water partition coefficient (Wildman–Crippen LogP) is 1.61. The Morgan fingerprint density at radius 1 is 1.23 bits per heavy atom. The van der Waals surface area contributed by atoms with E-state index in [1.54, 1.807) is 4.90 Å². The molecule has 0 aromatic heterocycles. The van der Waals surface area contributed by atoms with Crippen molar-refractivity contribution in [2.24, 2.45) is 0 Å². The minimum absolute atomic E-state index is 0.254. The zero-order valence-electron chi connectivity index (χ0n) is 18.0. The molecule has 2 saturated heterocycles. The van der Waals surface area contributed by atoms with Gasteiger partial charge in [-0.25, -0.2) is 13.6 Å². The fraction of sp³-hybridized carbons (Fsp3) is 0.857. The lowest BCUT2D eigenvalue weighted by atomic mass is 9.89. The average Bonchev–Trinajstić information content (AvgIpc) is 3.62. The summed E-state index contributed by atoms with van der Waals surface area (Å²) >= 11 is 0. The highest BCUT2D eigenvalue weighted by molar-refractivity contribution is 5.88. The molecule has 2 N–H and O–H groups in total. The van der Waals surface area contributed by atoms with Gasteiger partial charge in [-0.15, -0.1) is 0 Å². The highest BCUT2D eigenvalue weighted by Gasteiger charge is 2.47. The number of likely N-dealkylation sites (tertiary alicyclic amines) is 1. The highest BCUT2D eigenvalue weighted by Crippen LogP contribution is 2.36. The van der Waals surface area contributed by atoms with Crippen molar-refractivity contribution < 1.29 is 23.1 Å². The molecule has 3 amide bonds. The molecule has 10 heteroatoms. The van der Waals surface area contributed by atoms with Crippen LogP contribution >= 0.6 is 0 Å². The molecule has 2 aliphatic carbocycles. The van der Waals surface area contributed by atoms with Crippen molar-refractivity contribution in [2.75, 3.05) is 32.8 Å². The molecule has 1 unspecified atom stereocenters. The number of morpholine rings is 1. The molecule has 4 fully saturated rings. The van der Waals surface area contributed by atoms with Gasteiger partial charge >= 0.3 is 6.03 Å². The zero-order chi connectivity index (χ0) is 22.3. The molecular weight excluding hydrogens is 408 g/mol. The lowest BCUT2D eigenvalue weighted by molar-refractivity contribution is -0.134. The number of ether oxygens (including phenoxy) is 1. The third kappa shape index (κ3) is 5.44. The van der Waals surface area contributed by atoms with Gasteiger partial charge in [0, 0.05) is 38.6 Å². The van der Waals surface area contributed by atoms with Crippen molar-refractivity contribution in [3.63, 3.8) is 0 Å². The number of urea groups is 1. The second-order valence-electron chi connectivity index (χ2n) is 9.68. The fourth-order valence-electron chi connectivity index (χ4n) is 4.57. The first-order chi connectivity index (χ1) is 14.6. The maximum absolute atomic E-state index is 13.7. The molecule has 172 valence electrons.